The van der Waals surface area contributed by atoms with Crippen LogP contribution in [-0.2, 0) is 9.59 Å². The molecular weight excluding hydrogens is 258 g/mol. The van der Waals surface area contributed by atoms with E-state index in [1.165, 1.54) is 0 Å². The molecule has 0 atom stereocenters. The normalized spacial score (nSPS) is 10.1. The van der Waals surface area contributed by atoms with Crippen molar-refractivity contribution in [2.45, 2.75) is 13.3 Å². The topological polar surface area (TPSA) is 93.4 Å². The van der Waals surface area contributed by atoms with Crippen molar-refractivity contribution < 1.29 is 14.7 Å². The van der Waals surface area contributed by atoms with E-state index in [1.54, 1.807) is 29.2 Å². The fourth-order valence-corrected chi connectivity index (χ4v) is 1.65. The van der Waals surface area contributed by atoms with Crippen molar-refractivity contribution in [1.29, 1.82) is 5.26 Å². The zero-order valence-corrected chi connectivity index (χ0v) is 11.3. The summed E-state index contributed by atoms with van der Waals surface area (Å²) in [4.78, 5) is 24.0. The number of nitrogens with zero attached hydrogens (tertiary/aromatic N) is 2. The maximum atomic E-state index is 11.7. The quantitative estimate of drug-likeness (QED) is 0.782. The summed E-state index contributed by atoms with van der Waals surface area (Å²) in [7, 11) is 0. The van der Waals surface area contributed by atoms with Crippen molar-refractivity contribution in [1.82, 2.24) is 4.90 Å². The summed E-state index contributed by atoms with van der Waals surface area (Å²) in [6.07, 6.45) is 0.223. The highest BCUT2D eigenvalue weighted by atomic mass is 16.4. The van der Waals surface area contributed by atoms with E-state index in [0.29, 0.717) is 24.3 Å². The maximum absolute atomic E-state index is 11.7. The van der Waals surface area contributed by atoms with Crippen molar-refractivity contribution >= 4 is 17.6 Å². The number of nitriles is 1. The Morgan fingerprint density at radius 3 is 2.50 bits per heavy atom. The lowest BCUT2D eigenvalue weighted by atomic mass is 10.2. The van der Waals surface area contributed by atoms with Gasteiger partial charge in [-0.1, -0.05) is 6.92 Å². The van der Waals surface area contributed by atoms with Gasteiger partial charge in [0, 0.05) is 18.7 Å². The van der Waals surface area contributed by atoms with Gasteiger partial charge in [-0.2, -0.15) is 5.26 Å². The number of nitrogens with one attached hydrogen (secondary N) is 1. The van der Waals surface area contributed by atoms with Gasteiger partial charge >= 0.3 is 5.97 Å². The molecule has 0 saturated heterocycles. The van der Waals surface area contributed by atoms with Gasteiger partial charge in [-0.15, -0.1) is 0 Å². The molecule has 6 heteroatoms. The Morgan fingerprint density at radius 1 is 1.35 bits per heavy atom. The number of amides is 1. The number of carboxylic acid groups (broad SMARTS) is 1. The zero-order chi connectivity index (χ0) is 15.0. The SMILES string of the molecule is CCN(CCC(=O)Nc1ccc(C#N)cc1)CC(=O)O. The summed E-state index contributed by atoms with van der Waals surface area (Å²) >= 11 is 0. The van der Waals surface area contributed by atoms with Gasteiger partial charge < -0.3 is 10.4 Å². The van der Waals surface area contributed by atoms with Gasteiger partial charge in [0.05, 0.1) is 18.2 Å². The van der Waals surface area contributed by atoms with E-state index >= 15 is 0 Å². The van der Waals surface area contributed by atoms with Gasteiger partial charge in [0.25, 0.3) is 0 Å². The van der Waals surface area contributed by atoms with Gasteiger partial charge in [-0.3, -0.25) is 14.5 Å². The zero-order valence-electron chi connectivity index (χ0n) is 11.3. The standard InChI is InChI=1S/C14H17N3O3/c1-2-17(10-14(19)20)8-7-13(18)16-12-5-3-11(9-15)4-6-12/h3-6H,2,7-8,10H2,1H3,(H,16,18)(H,19,20). The number of rotatable bonds is 7. The highest BCUT2D eigenvalue weighted by Crippen LogP contribution is 2.09. The number of hydrogen-bond acceptors (Lipinski definition) is 4. The predicted molar refractivity (Wildman–Crippen MR) is 74.2 cm³/mol. The fourth-order valence-electron chi connectivity index (χ4n) is 1.65. The fraction of sp³-hybridized carbons (Fsp3) is 0.357. The smallest absolute Gasteiger partial charge is 0.317 e. The van der Waals surface area contributed by atoms with Crippen molar-refractivity contribution in [3.8, 4) is 6.07 Å². The lowest BCUT2D eigenvalue weighted by Gasteiger charge is -2.17. The molecule has 2 N–H and O–H groups in total. The summed E-state index contributed by atoms with van der Waals surface area (Å²) in [5.41, 5.74) is 1.15. The van der Waals surface area contributed by atoms with E-state index in [0.717, 1.165) is 0 Å². The number of carboxylic acids is 1. The minimum atomic E-state index is -0.903. The van der Waals surface area contributed by atoms with Crippen molar-refractivity contribution in [2.75, 3.05) is 25.0 Å². The van der Waals surface area contributed by atoms with Crippen LogP contribution in [0.25, 0.3) is 0 Å². The largest absolute Gasteiger partial charge is 0.480 e. The number of carbonyl (C=O) groups excluding carboxylic acids is 1. The summed E-state index contributed by atoms with van der Waals surface area (Å²) in [6, 6.07) is 8.56. The highest BCUT2D eigenvalue weighted by molar-refractivity contribution is 5.90. The molecule has 6 nitrogen and oxygen atoms in total. The molecule has 0 aliphatic rings. The second-order valence-electron chi connectivity index (χ2n) is 4.25. The Bertz CT molecular complexity index is 505. The number of likely N-dealkylation sites (N-methyl/N-ethyl adjacent to an activating group) is 1. The number of anilines is 1. The summed E-state index contributed by atoms with van der Waals surface area (Å²) in [6.45, 7) is 2.75. The van der Waals surface area contributed by atoms with E-state index < -0.39 is 5.97 Å². The van der Waals surface area contributed by atoms with E-state index in [1.807, 2.05) is 13.0 Å². The Kier molecular flexibility index (Phi) is 6.20. The molecule has 0 saturated carbocycles. The first kappa shape index (κ1) is 15.7. The molecular formula is C14H17N3O3. The average molecular weight is 275 g/mol. The predicted octanol–water partition coefficient (Wildman–Crippen LogP) is 1.29. The van der Waals surface area contributed by atoms with Crippen LogP contribution in [0.1, 0.15) is 18.9 Å². The third-order valence-electron chi connectivity index (χ3n) is 2.76. The molecule has 0 aromatic heterocycles. The molecule has 106 valence electrons. The van der Waals surface area contributed by atoms with E-state index in [-0.39, 0.29) is 18.9 Å². The molecule has 20 heavy (non-hydrogen) atoms. The summed E-state index contributed by atoms with van der Waals surface area (Å²) in [5.74, 6) is -1.09. The molecule has 0 aliphatic heterocycles. The van der Waals surface area contributed by atoms with E-state index in [4.69, 9.17) is 10.4 Å². The molecule has 0 bridgehead atoms. The second kappa shape index (κ2) is 7.92. The Labute approximate surface area is 117 Å². The number of aliphatic carboxylic acids is 1. The average Bonchev–Trinajstić information content (AvgIpc) is 2.44. The summed E-state index contributed by atoms with van der Waals surface area (Å²) < 4.78 is 0. The molecule has 0 heterocycles. The molecule has 1 amide bonds. The minimum Gasteiger partial charge on any atom is -0.480 e. The Morgan fingerprint density at radius 2 is 2.00 bits per heavy atom. The molecule has 1 aromatic rings. The lowest BCUT2D eigenvalue weighted by molar-refractivity contribution is -0.138. The number of carbonyl (C=O) groups is 2. The van der Waals surface area contributed by atoms with Gasteiger partial charge in [0.2, 0.25) is 5.91 Å². The highest BCUT2D eigenvalue weighted by Gasteiger charge is 2.10. The van der Waals surface area contributed by atoms with Gasteiger partial charge in [0.15, 0.2) is 0 Å². The van der Waals surface area contributed by atoms with Crippen LogP contribution in [-0.4, -0.2) is 41.5 Å². The van der Waals surface area contributed by atoms with Crippen LogP contribution >= 0.6 is 0 Å². The first-order chi connectivity index (χ1) is 9.55. The molecule has 0 unspecified atom stereocenters. The third kappa shape index (κ3) is 5.50. The lowest BCUT2D eigenvalue weighted by Crippen LogP contribution is -2.32. The second-order valence-corrected chi connectivity index (χ2v) is 4.25. The number of benzene rings is 1. The monoisotopic (exact) mass is 275 g/mol. The van der Waals surface area contributed by atoms with Crippen LogP contribution in [0.4, 0.5) is 5.69 Å². The Hall–Kier alpha value is -2.39. The molecule has 0 aliphatic carbocycles. The maximum Gasteiger partial charge on any atom is 0.317 e. The minimum absolute atomic E-state index is 0.0688. The van der Waals surface area contributed by atoms with Gasteiger partial charge in [0.1, 0.15) is 0 Å². The molecule has 1 rings (SSSR count). The summed E-state index contributed by atoms with van der Waals surface area (Å²) in [5, 5.41) is 20.1. The first-order valence-electron chi connectivity index (χ1n) is 6.29. The first-order valence-corrected chi connectivity index (χ1v) is 6.29. The third-order valence-corrected chi connectivity index (χ3v) is 2.76. The van der Waals surface area contributed by atoms with Crippen LogP contribution in [0.3, 0.4) is 0 Å². The van der Waals surface area contributed by atoms with Crippen molar-refractivity contribution in [2.24, 2.45) is 0 Å². The van der Waals surface area contributed by atoms with Crippen LogP contribution in [0, 0.1) is 11.3 Å². The number of hydrogen-bond donors (Lipinski definition) is 2. The van der Waals surface area contributed by atoms with Crippen LogP contribution in [0.15, 0.2) is 24.3 Å². The molecule has 0 radical (unpaired) electrons. The van der Waals surface area contributed by atoms with Crippen LogP contribution in [0.5, 0.6) is 0 Å². The Balaban J connectivity index is 2.42. The molecule has 0 fully saturated rings. The van der Waals surface area contributed by atoms with Gasteiger partial charge in [-0.25, -0.2) is 0 Å². The van der Waals surface area contributed by atoms with Gasteiger partial charge in [-0.05, 0) is 30.8 Å². The molecule has 0 spiro atoms. The van der Waals surface area contributed by atoms with E-state index in [9.17, 15) is 9.59 Å². The van der Waals surface area contributed by atoms with Crippen LogP contribution in [0.2, 0.25) is 0 Å². The molecule has 1 aromatic carbocycles. The van der Waals surface area contributed by atoms with Crippen molar-refractivity contribution in [3.63, 3.8) is 0 Å². The van der Waals surface area contributed by atoms with Crippen molar-refractivity contribution in [3.05, 3.63) is 29.8 Å². The van der Waals surface area contributed by atoms with E-state index in [2.05, 4.69) is 5.32 Å². The van der Waals surface area contributed by atoms with Crippen LogP contribution < -0.4 is 5.32 Å².